The van der Waals surface area contributed by atoms with Crippen molar-refractivity contribution in [2.75, 3.05) is 5.32 Å². The molecule has 2 aromatic rings. The average Bonchev–Trinajstić information content (AvgIpc) is 2.55. The summed E-state index contributed by atoms with van der Waals surface area (Å²) in [6, 6.07) is 4.20. The third kappa shape index (κ3) is 3.53. The molecule has 1 atom stereocenters. The molecule has 0 bridgehead atoms. The van der Waals surface area contributed by atoms with Gasteiger partial charge in [-0.3, -0.25) is 9.78 Å². The van der Waals surface area contributed by atoms with Crippen LogP contribution in [-0.2, 0) is 10.3 Å². The number of amidine groups is 1. The van der Waals surface area contributed by atoms with Crippen molar-refractivity contribution >= 4 is 17.6 Å². The van der Waals surface area contributed by atoms with Crippen LogP contribution < -0.4 is 11.1 Å². The maximum absolute atomic E-state index is 14.4. The molecular weight excluding hydrogens is 337 g/mol. The number of carbonyl (C=O) groups is 1. The predicted molar refractivity (Wildman–Crippen MR) is 94.9 cm³/mol. The van der Waals surface area contributed by atoms with E-state index in [-0.39, 0.29) is 17.3 Å². The van der Waals surface area contributed by atoms with Gasteiger partial charge in [0.25, 0.3) is 11.9 Å². The molecule has 7 nitrogen and oxygen atoms in total. The number of allylic oxidation sites excluding steroid dienone is 1. The lowest BCUT2D eigenvalue weighted by molar-refractivity contribution is 0.102. The number of halogens is 1. The van der Waals surface area contributed by atoms with Gasteiger partial charge in [0.1, 0.15) is 22.8 Å². The second-order valence-corrected chi connectivity index (χ2v) is 6.15. The SMILES string of the molecule is CC1=C[C@@](C)(c2cc(NC(=O)c3cnc(C)cn3)ccc2F)N=C(N)O1. The third-order valence-electron chi connectivity index (χ3n) is 3.88. The van der Waals surface area contributed by atoms with E-state index < -0.39 is 17.3 Å². The Labute approximate surface area is 149 Å². The largest absolute Gasteiger partial charge is 0.431 e. The Kier molecular flexibility index (Phi) is 4.41. The van der Waals surface area contributed by atoms with Crippen LogP contribution in [0.25, 0.3) is 0 Å². The van der Waals surface area contributed by atoms with Gasteiger partial charge in [-0.1, -0.05) is 0 Å². The van der Waals surface area contributed by atoms with E-state index in [4.69, 9.17) is 10.5 Å². The van der Waals surface area contributed by atoms with Crippen LogP contribution >= 0.6 is 0 Å². The summed E-state index contributed by atoms with van der Waals surface area (Å²) in [6.45, 7) is 5.19. The van der Waals surface area contributed by atoms with Crippen molar-refractivity contribution in [2.45, 2.75) is 26.3 Å². The van der Waals surface area contributed by atoms with Crippen LogP contribution in [0.15, 0.2) is 47.4 Å². The van der Waals surface area contributed by atoms with E-state index in [2.05, 4.69) is 20.3 Å². The zero-order chi connectivity index (χ0) is 18.9. The summed E-state index contributed by atoms with van der Waals surface area (Å²) in [6.07, 6.45) is 4.55. The minimum absolute atomic E-state index is 0.0451. The lowest BCUT2D eigenvalue weighted by Gasteiger charge is -2.27. The number of amides is 1. The fraction of sp³-hybridized carbons (Fsp3) is 0.222. The molecule has 1 aliphatic heterocycles. The molecule has 1 aromatic heterocycles. The molecule has 0 unspecified atom stereocenters. The topological polar surface area (TPSA) is 102 Å². The number of nitrogens with zero attached hydrogens (tertiary/aromatic N) is 3. The van der Waals surface area contributed by atoms with Crippen molar-refractivity contribution in [1.29, 1.82) is 0 Å². The Hall–Kier alpha value is -3.29. The van der Waals surface area contributed by atoms with Crippen LogP contribution in [0.1, 0.15) is 35.6 Å². The van der Waals surface area contributed by atoms with Crippen molar-refractivity contribution in [3.05, 3.63) is 65.2 Å². The number of aromatic nitrogens is 2. The van der Waals surface area contributed by atoms with Gasteiger partial charge >= 0.3 is 0 Å². The number of nitrogens with two attached hydrogens (primary N) is 1. The molecule has 1 aromatic carbocycles. The first kappa shape index (κ1) is 17.5. The van der Waals surface area contributed by atoms with Crippen LogP contribution in [0.4, 0.5) is 10.1 Å². The molecule has 1 aliphatic rings. The number of nitrogens with one attached hydrogen (secondary N) is 1. The second-order valence-electron chi connectivity index (χ2n) is 6.15. The van der Waals surface area contributed by atoms with Gasteiger partial charge in [-0.25, -0.2) is 14.4 Å². The first-order chi connectivity index (χ1) is 12.3. The maximum atomic E-state index is 14.4. The maximum Gasteiger partial charge on any atom is 0.288 e. The third-order valence-corrected chi connectivity index (χ3v) is 3.88. The highest BCUT2D eigenvalue weighted by atomic mass is 19.1. The minimum Gasteiger partial charge on any atom is -0.431 e. The minimum atomic E-state index is -1.04. The van der Waals surface area contributed by atoms with E-state index in [0.717, 1.165) is 0 Å². The number of benzene rings is 1. The molecule has 0 saturated carbocycles. The first-order valence-electron chi connectivity index (χ1n) is 7.89. The molecule has 3 N–H and O–H groups in total. The number of aryl methyl sites for hydroxylation is 1. The molecule has 0 spiro atoms. The number of rotatable bonds is 3. The second kappa shape index (κ2) is 6.55. The number of carbonyl (C=O) groups excluding carboxylic acids is 1. The number of anilines is 1. The molecule has 1 amide bonds. The van der Waals surface area contributed by atoms with Crippen molar-refractivity contribution in [3.8, 4) is 0 Å². The van der Waals surface area contributed by atoms with Crippen molar-refractivity contribution in [3.63, 3.8) is 0 Å². The van der Waals surface area contributed by atoms with Gasteiger partial charge < -0.3 is 15.8 Å². The highest BCUT2D eigenvalue weighted by Crippen LogP contribution is 2.34. The predicted octanol–water partition coefficient (Wildman–Crippen LogP) is 2.64. The number of aliphatic imine (C=N–C) groups is 1. The Balaban J connectivity index is 1.92. The van der Waals surface area contributed by atoms with E-state index >= 15 is 0 Å². The number of hydrogen-bond donors (Lipinski definition) is 2. The summed E-state index contributed by atoms with van der Waals surface area (Å²) in [7, 11) is 0. The van der Waals surface area contributed by atoms with Gasteiger partial charge in [-0.15, -0.1) is 0 Å². The smallest absolute Gasteiger partial charge is 0.288 e. The highest BCUT2D eigenvalue weighted by Gasteiger charge is 2.31. The molecule has 0 radical (unpaired) electrons. The highest BCUT2D eigenvalue weighted by molar-refractivity contribution is 6.02. The molecule has 2 heterocycles. The number of ether oxygens (including phenoxy) is 1. The van der Waals surface area contributed by atoms with Crippen LogP contribution in [-0.4, -0.2) is 21.9 Å². The lowest BCUT2D eigenvalue weighted by atomic mass is 9.90. The van der Waals surface area contributed by atoms with Gasteiger partial charge in [0.15, 0.2) is 0 Å². The Morgan fingerprint density at radius 2 is 2.04 bits per heavy atom. The summed E-state index contributed by atoms with van der Waals surface area (Å²) in [4.78, 5) is 24.6. The number of hydrogen-bond acceptors (Lipinski definition) is 6. The van der Waals surface area contributed by atoms with Crippen LogP contribution in [0.3, 0.4) is 0 Å². The zero-order valence-corrected chi connectivity index (χ0v) is 14.6. The summed E-state index contributed by atoms with van der Waals surface area (Å²) in [5.74, 6) is -0.395. The molecule has 0 aliphatic carbocycles. The van der Waals surface area contributed by atoms with E-state index in [1.165, 1.54) is 30.6 Å². The first-order valence-corrected chi connectivity index (χ1v) is 7.89. The zero-order valence-electron chi connectivity index (χ0n) is 14.6. The molecule has 134 valence electrons. The van der Waals surface area contributed by atoms with Crippen molar-refractivity contribution < 1.29 is 13.9 Å². The quantitative estimate of drug-likeness (QED) is 0.881. The molecular formula is C18H18FN5O2. The molecule has 0 fully saturated rings. The van der Waals surface area contributed by atoms with E-state index in [9.17, 15) is 9.18 Å². The summed E-state index contributed by atoms with van der Waals surface area (Å²) < 4.78 is 19.6. The van der Waals surface area contributed by atoms with Gasteiger partial charge in [0.05, 0.1) is 11.9 Å². The standard InChI is InChI=1S/C18H18FN5O2/c1-10-8-22-15(9-21-10)16(25)23-12-4-5-14(19)13(6-12)18(3)7-11(2)26-17(20)24-18/h4-9H,1-3H3,(H2,20,24)(H,23,25)/t18-/m0/s1. The Morgan fingerprint density at radius 3 is 2.69 bits per heavy atom. The monoisotopic (exact) mass is 355 g/mol. The molecule has 8 heteroatoms. The molecule has 3 rings (SSSR count). The van der Waals surface area contributed by atoms with Gasteiger partial charge in [-0.05, 0) is 45.0 Å². The lowest BCUT2D eigenvalue weighted by Crippen LogP contribution is -2.30. The molecule has 26 heavy (non-hydrogen) atoms. The van der Waals surface area contributed by atoms with Crippen molar-refractivity contribution in [1.82, 2.24) is 9.97 Å². The van der Waals surface area contributed by atoms with Crippen molar-refractivity contribution in [2.24, 2.45) is 10.7 Å². The van der Waals surface area contributed by atoms with Crippen LogP contribution in [0.2, 0.25) is 0 Å². The van der Waals surface area contributed by atoms with Gasteiger partial charge in [0.2, 0.25) is 0 Å². The van der Waals surface area contributed by atoms with Crippen LogP contribution in [0, 0.1) is 12.7 Å². The summed E-state index contributed by atoms with van der Waals surface area (Å²) in [5, 5.41) is 2.68. The van der Waals surface area contributed by atoms with E-state index in [1.54, 1.807) is 26.8 Å². The summed E-state index contributed by atoms with van der Waals surface area (Å²) >= 11 is 0. The van der Waals surface area contributed by atoms with Gasteiger partial charge in [0, 0.05) is 17.4 Å². The van der Waals surface area contributed by atoms with E-state index in [1.807, 2.05) is 0 Å². The van der Waals surface area contributed by atoms with E-state index in [0.29, 0.717) is 17.1 Å². The average molecular weight is 355 g/mol. The Morgan fingerprint density at radius 1 is 1.27 bits per heavy atom. The Bertz CT molecular complexity index is 904. The fourth-order valence-corrected chi connectivity index (χ4v) is 2.71. The summed E-state index contributed by atoms with van der Waals surface area (Å²) in [5.41, 5.74) is 6.17. The molecule has 0 saturated heterocycles. The van der Waals surface area contributed by atoms with Crippen LogP contribution in [0.5, 0.6) is 0 Å². The normalized spacial score (nSPS) is 19.2. The fourth-order valence-electron chi connectivity index (χ4n) is 2.71. The van der Waals surface area contributed by atoms with Gasteiger partial charge in [-0.2, -0.15) is 0 Å².